The Morgan fingerprint density at radius 2 is 1.93 bits per heavy atom. The van der Waals surface area contributed by atoms with Crippen LogP contribution in [-0.2, 0) is 32.7 Å². The number of aromatic nitrogens is 1. The van der Waals surface area contributed by atoms with Gasteiger partial charge in [0.1, 0.15) is 18.4 Å². The first-order valence-electron chi connectivity index (χ1n) is 19.3. The number of hydrogen-bond donors (Lipinski definition) is 4. The van der Waals surface area contributed by atoms with Gasteiger partial charge in [-0.1, -0.05) is 24.3 Å². The number of ether oxygens (including phenoxy) is 5. The maximum absolute atomic E-state index is 15.0. The van der Waals surface area contributed by atoms with Gasteiger partial charge in [0.25, 0.3) is 0 Å². The highest BCUT2D eigenvalue weighted by atomic mass is 32.2. The molecule has 0 unspecified atom stereocenters. The lowest BCUT2D eigenvalue weighted by molar-refractivity contribution is -0.158. The quantitative estimate of drug-likeness (QED) is 0.172. The second-order valence-corrected chi connectivity index (χ2v) is 17.2. The van der Waals surface area contributed by atoms with Gasteiger partial charge in [0.15, 0.2) is 28.5 Å². The first-order chi connectivity index (χ1) is 27.5. The molecule has 296 valence electrons. The number of nitrogens with zero attached hydrogens (tertiary/aromatic N) is 3. The molecule has 14 nitrogen and oxygen atoms in total. The standard InChI is InChI=1S/C42H44N6O8S/c1-18-10-21-11-26-27(14-44)48-28-15-53-41(51)42(40-24(12-22(13-43)46-42)23-8-6-7-9-25(23)45-40)16-57-39(33(48)32(47(26)4)29(21)34(50)35(18)52-5)31-30(28)38-37(54-17-55-38)19(2)36(31)56-20(3)49/h6-10,22,26-28,32-33,39,45-46,50H,11-13,15-17,43H2,1-5H3/t22-,26+,27+,28+,32-,33-,39-,42-/m1/s1. The normalized spacial score (nSPS) is 29.8. The Morgan fingerprint density at radius 3 is 2.68 bits per heavy atom. The van der Waals surface area contributed by atoms with Gasteiger partial charge in [-0.2, -0.15) is 5.26 Å². The number of para-hydroxylation sites is 1. The Morgan fingerprint density at radius 1 is 1.14 bits per heavy atom. The van der Waals surface area contributed by atoms with Gasteiger partial charge < -0.3 is 39.5 Å². The van der Waals surface area contributed by atoms with Crippen LogP contribution in [0.3, 0.4) is 0 Å². The zero-order chi connectivity index (χ0) is 39.7. The maximum atomic E-state index is 15.0. The molecule has 1 aromatic heterocycles. The molecule has 2 fully saturated rings. The van der Waals surface area contributed by atoms with E-state index in [0.29, 0.717) is 59.1 Å². The van der Waals surface area contributed by atoms with Crippen molar-refractivity contribution < 1.29 is 38.4 Å². The Balaban J connectivity index is 1.26. The van der Waals surface area contributed by atoms with Crippen LogP contribution in [0.4, 0.5) is 0 Å². The van der Waals surface area contributed by atoms with Crippen molar-refractivity contribution in [1.82, 2.24) is 20.1 Å². The molecular formula is C42H44N6O8S. The lowest BCUT2D eigenvalue weighted by Gasteiger charge is -2.62. The van der Waals surface area contributed by atoms with Crippen LogP contribution in [0.1, 0.15) is 68.9 Å². The van der Waals surface area contributed by atoms with Crippen LogP contribution < -0.4 is 30.0 Å². The molecule has 0 radical (unpaired) electrons. The van der Waals surface area contributed by atoms with Crippen LogP contribution >= 0.6 is 11.8 Å². The molecule has 0 amide bonds. The predicted octanol–water partition coefficient (Wildman–Crippen LogP) is 4.08. The number of phenolic OH excluding ortho intramolecular Hbond substituents is 1. The van der Waals surface area contributed by atoms with Crippen LogP contribution in [0.5, 0.6) is 28.7 Å². The summed E-state index contributed by atoms with van der Waals surface area (Å²) < 4.78 is 30.9. The summed E-state index contributed by atoms with van der Waals surface area (Å²) in [5.41, 5.74) is 12.2. The average Bonchev–Trinajstić information content (AvgIpc) is 3.84. The fourth-order valence-electron chi connectivity index (χ4n) is 10.9. The van der Waals surface area contributed by atoms with Crippen molar-refractivity contribution in [3.8, 4) is 34.8 Å². The topological polar surface area (TPSA) is 185 Å². The SMILES string of the molecule is COc1c(C)cc2c(c1O)[C@@H]1[C@@H]3[C@@H]4SC[C@]5(N[C@@H](CN)Cc6c5[nH]c5ccccc65)C(=O)OC[C@@H](c5c6c(c(C)c(OC(C)=O)c54)OCO6)N3[C@@H](C#N)[C@H](C2)N1C. The minimum atomic E-state index is -1.35. The number of aromatic amines is 1. The van der Waals surface area contributed by atoms with E-state index in [1.54, 1.807) is 7.11 Å². The number of nitriles is 1. The summed E-state index contributed by atoms with van der Waals surface area (Å²) in [6.07, 6.45) is 1.12. The third-order valence-electron chi connectivity index (χ3n) is 13.2. The summed E-state index contributed by atoms with van der Waals surface area (Å²) in [5, 5.41) is 27.5. The summed E-state index contributed by atoms with van der Waals surface area (Å²) in [4.78, 5) is 36.1. The zero-order valence-electron chi connectivity index (χ0n) is 32.3. The summed E-state index contributed by atoms with van der Waals surface area (Å²) in [6.45, 7) is 5.22. The van der Waals surface area contributed by atoms with Crippen molar-refractivity contribution in [3.63, 3.8) is 0 Å². The number of piperazine rings is 1. The van der Waals surface area contributed by atoms with Gasteiger partial charge in [0.2, 0.25) is 6.79 Å². The van der Waals surface area contributed by atoms with Crippen LogP contribution in [-0.4, -0.2) is 95.9 Å². The Bertz CT molecular complexity index is 2450. The van der Waals surface area contributed by atoms with Crippen molar-refractivity contribution in [2.24, 2.45) is 5.73 Å². The Kier molecular flexibility index (Phi) is 8.31. The largest absolute Gasteiger partial charge is 0.504 e. The van der Waals surface area contributed by atoms with Gasteiger partial charge in [-0.25, -0.2) is 4.79 Å². The predicted molar refractivity (Wildman–Crippen MR) is 210 cm³/mol. The summed E-state index contributed by atoms with van der Waals surface area (Å²) in [6, 6.07) is 9.84. The molecule has 15 heteroatoms. The van der Waals surface area contributed by atoms with E-state index in [1.165, 1.54) is 18.7 Å². The van der Waals surface area contributed by atoms with Gasteiger partial charge in [-0.15, -0.1) is 11.8 Å². The number of benzene rings is 3. The molecule has 2 saturated heterocycles. The molecule has 4 bridgehead atoms. The number of rotatable bonds is 3. The first-order valence-corrected chi connectivity index (χ1v) is 20.4. The van der Waals surface area contributed by atoms with Crippen LogP contribution in [0.25, 0.3) is 10.9 Å². The fourth-order valence-corrected chi connectivity index (χ4v) is 12.6. The van der Waals surface area contributed by atoms with E-state index in [0.717, 1.165) is 38.9 Å². The Labute approximate surface area is 333 Å². The number of carbonyl (C=O) groups excluding carboxylic acids is 2. The summed E-state index contributed by atoms with van der Waals surface area (Å²) in [5.74, 6) is 0.959. The Hall–Kier alpha value is -4.98. The zero-order valence-corrected chi connectivity index (χ0v) is 33.1. The average molecular weight is 793 g/mol. The van der Waals surface area contributed by atoms with Crippen LogP contribution in [0.2, 0.25) is 0 Å². The number of hydrogen-bond acceptors (Lipinski definition) is 14. The lowest BCUT2D eigenvalue weighted by Crippen LogP contribution is -2.69. The maximum Gasteiger partial charge on any atom is 0.333 e. The number of phenols is 1. The van der Waals surface area contributed by atoms with Crippen molar-refractivity contribution in [3.05, 3.63) is 75.0 Å². The molecule has 1 spiro atoms. The smallest absolute Gasteiger partial charge is 0.333 e. The molecule has 0 aliphatic carbocycles. The number of nitrogens with one attached hydrogen (secondary N) is 2. The van der Waals surface area contributed by atoms with E-state index < -0.39 is 46.9 Å². The van der Waals surface area contributed by atoms with E-state index >= 15 is 4.79 Å². The number of aromatic hydroxyl groups is 1. The highest BCUT2D eigenvalue weighted by Crippen LogP contribution is 2.64. The summed E-state index contributed by atoms with van der Waals surface area (Å²) in [7, 11) is 3.56. The van der Waals surface area contributed by atoms with E-state index in [2.05, 4.69) is 38.3 Å². The van der Waals surface area contributed by atoms with Crippen LogP contribution in [0, 0.1) is 25.2 Å². The van der Waals surface area contributed by atoms with Gasteiger partial charge in [0.05, 0.1) is 36.2 Å². The van der Waals surface area contributed by atoms with E-state index in [1.807, 2.05) is 39.1 Å². The van der Waals surface area contributed by atoms with E-state index in [4.69, 9.17) is 29.4 Å². The highest BCUT2D eigenvalue weighted by molar-refractivity contribution is 7.99. The third kappa shape index (κ3) is 4.91. The molecule has 0 saturated carbocycles. The number of H-pyrrole nitrogens is 1. The number of methoxy groups -OCH3 is 1. The van der Waals surface area contributed by atoms with Crippen molar-refractivity contribution in [1.29, 1.82) is 5.26 Å². The molecule has 8 heterocycles. The molecule has 5 N–H and O–H groups in total. The summed E-state index contributed by atoms with van der Waals surface area (Å²) >= 11 is 1.53. The fraction of sp³-hybridized carbons (Fsp3) is 0.452. The lowest BCUT2D eigenvalue weighted by atomic mass is 9.71. The second-order valence-electron chi connectivity index (χ2n) is 16.0. The van der Waals surface area contributed by atoms with E-state index in [9.17, 15) is 15.2 Å². The molecule has 3 aromatic carbocycles. The molecule has 4 aromatic rings. The number of aryl methyl sites for hydroxylation is 1. The third-order valence-corrected chi connectivity index (χ3v) is 14.6. The molecule has 7 aliphatic heterocycles. The molecule has 11 rings (SSSR count). The number of thioether (sulfide) groups is 1. The number of esters is 2. The van der Waals surface area contributed by atoms with Gasteiger partial charge in [-0.3, -0.25) is 19.9 Å². The number of carbonyl (C=O) groups is 2. The van der Waals surface area contributed by atoms with Gasteiger partial charge in [-0.05, 0) is 56.5 Å². The molecule has 8 atom stereocenters. The minimum Gasteiger partial charge on any atom is -0.504 e. The van der Waals surface area contributed by atoms with E-state index in [-0.39, 0.29) is 37.0 Å². The first kappa shape index (κ1) is 36.4. The molecular weight excluding hydrogens is 749 g/mol. The highest BCUT2D eigenvalue weighted by Gasteiger charge is 2.62. The van der Waals surface area contributed by atoms with Crippen molar-refractivity contribution >= 4 is 34.6 Å². The monoisotopic (exact) mass is 792 g/mol. The minimum absolute atomic E-state index is 0.0490. The van der Waals surface area contributed by atoms with Crippen LogP contribution in [0.15, 0.2) is 30.3 Å². The molecule has 57 heavy (non-hydrogen) atoms. The van der Waals surface area contributed by atoms with Gasteiger partial charge >= 0.3 is 11.9 Å². The number of nitrogens with two attached hydrogens (primary N) is 1. The number of fused-ring (bicyclic) bond motifs is 11. The molecule has 7 aliphatic rings. The van der Waals surface area contributed by atoms with Crippen molar-refractivity contribution in [2.75, 3.05) is 39.9 Å². The van der Waals surface area contributed by atoms with Gasteiger partial charge in [0, 0.05) is 70.5 Å². The second kappa shape index (κ2) is 13.0. The number of likely N-dealkylation sites (N-methyl/N-ethyl adjacent to an activating group) is 1. The van der Waals surface area contributed by atoms with Crippen molar-refractivity contribution in [2.45, 2.75) is 80.7 Å².